The first-order valence-corrected chi connectivity index (χ1v) is 6.67. The standard InChI is InChI=1S/C15H17N3O2/c1-17(2)11-5-7-12(8-6-11)18-14(10-3-4-10)13(9-16-18)15(19)20/h5-10H,3-4H2,1-2H3,(H,19,20). The molecule has 104 valence electrons. The highest BCUT2D eigenvalue weighted by Gasteiger charge is 2.32. The van der Waals surface area contributed by atoms with Crippen LogP contribution in [-0.2, 0) is 0 Å². The fraction of sp³-hybridized carbons (Fsp3) is 0.333. The van der Waals surface area contributed by atoms with Gasteiger partial charge in [0.2, 0.25) is 0 Å². The Kier molecular flexibility index (Phi) is 2.97. The zero-order valence-corrected chi connectivity index (χ0v) is 11.6. The predicted molar refractivity (Wildman–Crippen MR) is 76.8 cm³/mol. The molecule has 0 unspecified atom stereocenters. The highest BCUT2D eigenvalue weighted by molar-refractivity contribution is 5.89. The smallest absolute Gasteiger partial charge is 0.339 e. The van der Waals surface area contributed by atoms with Gasteiger partial charge in [-0.2, -0.15) is 5.10 Å². The van der Waals surface area contributed by atoms with Gasteiger partial charge in [0.25, 0.3) is 0 Å². The number of carbonyl (C=O) groups is 1. The van der Waals surface area contributed by atoms with Crippen LogP contribution >= 0.6 is 0 Å². The summed E-state index contributed by atoms with van der Waals surface area (Å²) in [5.41, 5.74) is 3.16. The summed E-state index contributed by atoms with van der Waals surface area (Å²) in [5.74, 6) is -0.569. The number of nitrogens with zero attached hydrogens (tertiary/aromatic N) is 3. The van der Waals surface area contributed by atoms with Crippen molar-refractivity contribution in [1.82, 2.24) is 9.78 Å². The maximum Gasteiger partial charge on any atom is 0.339 e. The van der Waals surface area contributed by atoms with Gasteiger partial charge >= 0.3 is 5.97 Å². The number of rotatable bonds is 4. The molecule has 1 aromatic heterocycles. The van der Waals surface area contributed by atoms with Gasteiger partial charge in [-0.25, -0.2) is 9.48 Å². The van der Waals surface area contributed by atoms with E-state index in [2.05, 4.69) is 5.10 Å². The zero-order valence-electron chi connectivity index (χ0n) is 11.6. The van der Waals surface area contributed by atoms with E-state index in [9.17, 15) is 9.90 Å². The number of hydrogen-bond acceptors (Lipinski definition) is 3. The van der Waals surface area contributed by atoms with Crippen molar-refractivity contribution in [2.45, 2.75) is 18.8 Å². The van der Waals surface area contributed by atoms with Crippen LogP contribution in [-0.4, -0.2) is 35.0 Å². The molecular weight excluding hydrogens is 254 g/mol. The first-order chi connectivity index (χ1) is 9.58. The van der Waals surface area contributed by atoms with Crippen LogP contribution in [0.15, 0.2) is 30.5 Å². The van der Waals surface area contributed by atoms with E-state index in [4.69, 9.17) is 0 Å². The van der Waals surface area contributed by atoms with Gasteiger partial charge in [0.15, 0.2) is 0 Å². The number of hydrogen-bond donors (Lipinski definition) is 1. The van der Waals surface area contributed by atoms with Gasteiger partial charge in [0.05, 0.1) is 17.6 Å². The van der Waals surface area contributed by atoms with Gasteiger partial charge in [0, 0.05) is 25.7 Å². The van der Waals surface area contributed by atoms with Crippen molar-refractivity contribution in [2.24, 2.45) is 0 Å². The van der Waals surface area contributed by atoms with Gasteiger partial charge in [-0.3, -0.25) is 0 Å². The minimum Gasteiger partial charge on any atom is -0.478 e. The van der Waals surface area contributed by atoms with Gasteiger partial charge in [-0.1, -0.05) is 0 Å². The first-order valence-electron chi connectivity index (χ1n) is 6.67. The van der Waals surface area contributed by atoms with Gasteiger partial charge in [0.1, 0.15) is 5.56 Å². The molecule has 1 fully saturated rings. The summed E-state index contributed by atoms with van der Waals surface area (Å²) in [4.78, 5) is 13.3. The average molecular weight is 271 g/mol. The van der Waals surface area contributed by atoms with Crippen LogP contribution in [0, 0.1) is 0 Å². The molecule has 1 saturated carbocycles. The molecule has 5 nitrogen and oxygen atoms in total. The Morgan fingerprint density at radius 3 is 2.45 bits per heavy atom. The number of carboxylic acid groups (broad SMARTS) is 1. The fourth-order valence-electron chi connectivity index (χ4n) is 2.37. The molecule has 5 heteroatoms. The molecule has 1 aliphatic rings. The summed E-state index contributed by atoms with van der Waals surface area (Å²) in [6.45, 7) is 0. The lowest BCUT2D eigenvalue weighted by Gasteiger charge is -2.13. The third kappa shape index (κ3) is 2.15. The van der Waals surface area contributed by atoms with E-state index in [0.717, 1.165) is 29.9 Å². The van der Waals surface area contributed by atoms with Crippen molar-refractivity contribution in [3.63, 3.8) is 0 Å². The molecule has 0 atom stereocenters. The minimum atomic E-state index is -0.900. The third-order valence-electron chi connectivity index (χ3n) is 3.61. The van der Waals surface area contributed by atoms with E-state index < -0.39 is 5.97 Å². The van der Waals surface area contributed by atoms with E-state index in [1.807, 2.05) is 43.3 Å². The van der Waals surface area contributed by atoms with Gasteiger partial charge in [-0.15, -0.1) is 0 Å². The lowest BCUT2D eigenvalue weighted by molar-refractivity contribution is 0.0695. The van der Waals surface area contributed by atoms with Crippen LogP contribution in [0.3, 0.4) is 0 Å². The molecule has 0 bridgehead atoms. The molecule has 1 heterocycles. The lowest BCUT2D eigenvalue weighted by atomic mass is 10.1. The molecule has 3 rings (SSSR count). The van der Waals surface area contributed by atoms with E-state index in [1.54, 1.807) is 4.68 Å². The summed E-state index contributed by atoms with van der Waals surface area (Å²) in [6.07, 6.45) is 3.54. The molecule has 2 aromatic rings. The third-order valence-corrected chi connectivity index (χ3v) is 3.61. The van der Waals surface area contributed by atoms with Crippen molar-refractivity contribution in [3.05, 3.63) is 41.7 Å². The number of aromatic carboxylic acids is 1. The summed E-state index contributed by atoms with van der Waals surface area (Å²) < 4.78 is 1.76. The highest BCUT2D eigenvalue weighted by Crippen LogP contribution is 2.42. The number of carboxylic acids is 1. The van der Waals surface area contributed by atoms with Crippen molar-refractivity contribution >= 4 is 11.7 Å². The Labute approximate surface area is 117 Å². The molecule has 20 heavy (non-hydrogen) atoms. The largest absolute Gasteiger partial charge is 0.478 e. The molecular formula is C15H17N3O2. The molecule has 1 aliphatic carbocycles. The maximum atomic E-state index is 11.3. The monoisotopic (exact) mass is 271 g/mol. The zero-order chi connectivity index (χ0) is 14.3. The SMILES string of the molecule is CN(C)c1ccc(-n2ncc(C(=O)O)c2C2CC2)cc1. The highest BCUT2D eigenvalue weighted by atomic mass is 16.4. The number of aromatic nitrogens is 2. The van der Waals surface area contributed by atoms with Crippen molar-refractivity contribution in [1.29, 1.82) is 0 Å². The molecule has 1 aromatic carbocycles. The number of benzene rings is 1. The van der Waals surface area contributed by atoms with Gasteiger partial charge in [-0.05, 0) is 37.1 Å². The fourth-order valence-corrected chi connectivity index (χ4v) is 2.37. The summed E-state index contributed by atoms with van der Waals surface area (Å²) in [5, 5.41) is 13.5. The summed E-state index contributed by atoms with van der Waals surface area (Å²) in [7, 11) is 3.97. The molecule has 0 radical (unpaired) electrons. The average Bonchev–Trinajstić information content (AvgIpc) is 3.17. The lowest BCUT2D eigenvalue weighted by Crippen LogP contribution is -2.09. The normalized spacial score (nSPS) is 14.3. The maximum absolute atomic E-state index is 11.3. The predicted octanol–water partition coefficient (Wildman–Crippen LogP) is 2.51. The van der Waals surface area contributed by atoms with Crippen LogP contribution in [0.4, 0.5) is 5.69 Å². The second-order valence-electron chi connectivity index (χ2n) is 5.35. The van der Waals surface area contributed by atoms with Crippen LogP contribution in [0.5, 0.6) is 0 Å². The minimum absolute atomic E-state index is 0.323. The van der Waals surface area contributed by atoms with Crippen molar-refractivity contribution in [3.8, 4) is 5.69 Å². The summed E-state index contributed by atoms with van der Waals surface area (Å²) in [6, 6.07) is 7.96. The van der Waals surface area contributed by atoms with Crippen molar-refractivity contribution < 1.29 is 9.90 Å². The molecule has 0 amide bonds. The second-order valence-corrected chi connectivity index (χ2v) is 5.35. The van der Waals surface area contributed by atoms with Crippen molar-refractivity contribution in [2.75, 3.05) is 19.0 Å². The van der Waals surface area contributed by atoms with Gasteiger partial charge < -0.3 is 10.0 Å². The Bertz CT molecular complexity index is 640. The Morgan fingerprint density at radius 1 is 1.30 bits per heavy atom. The Morgan fingerprint density at radius 2 is 1.95 bits per heavy atom. The Hall–Kier alpha value is -2.30. The second kappa shape index (κ2) is 4.67. The van der Waals surface area contributed by atoms with Crippen LogP contribution in [0.2, 0.25) is 0 Å². The topological polar surface area (TPSA) is 58.4 Å². The van der Waals surface area contributed by atoms with E-state index in [0.29, 0.717) is 11.5 Å². The van der Waals surface area contributed by atoms with E-state index in [1.165, 1.54) is 6.20 Å². The molecule has 0 spiro atoms. The number of anilines is 1. The van der Waals surface area contributed by atoms with E-state index >= 15 is 0 Å². The van der Waals surface area contributed by atoms with E-state index in [-0.39, 0.29) is 0 Å². The Balaban J connectivity index is 2.03. The molecule has 0 saturated heterocycles. The van der Waals surface area contributed by atoms with Crippen LogP contribution in [0.1, 0.15) is 34.8 Å². The molecule has 0 aliphatic heterocycles. The molecule has 1 N–H and O–H groups in total. The quantitative estimate of drug-likeness (QED) is 0.928. The summed E-state index contributed by atoms with van der Waals surface area (Å²) >= 11 is 0. The van der Waals surface area contributed by atoms with Crippen LogP contribution in [0.25, 0.3) is 5.69 Å². The van der Waals surface area contributed by atoms with Crippen LogP contribution < -0.4 is 4.90 Å². The first kappa shape index (κ1) is 12.7.